The van der Waals surface area contributed by atoms with E-state index in [1.807, 2.05) is 0 Å². The quantitative estimate of drug-likeness (QED) is 0.682. The predicted molar refractivity (Wildman–Crippen MR) is 48.8 cm³/mol. The van der Waals surface area contributed by atoms with Crippen molar-refractivity contribution in [2.45, 2.75) is 0 Å². The second kappa shape index (κ2) is 4.11. The molecule has 13 heavy (non-hydrogen) atoms. The Labute approximate surface area is 79.4 Å². The van der Waals surface area contributed by atoms with Gasteiger partial charge >= 0.3 is 6.08 Å². The maximum Gasteiger partial charge on any atom is 0.392 e. The lowest BCUT2D eigenvalue weighted by atomic mass is 10.3. The van der Waals surface area contributed by atoms with E-state index >= 15 is 0 Å². The van der Waals surface area contributed by atoms with Crippen LogP contribution < -0.4 is 0 Å². The number of rotatable bonds is 0. The molecule has 2 rings (SSSR count). The molecule has 2 aromatic rings. The van der Waals surface area contributed by atoms with E-state index in [4.69, 9.17) is 26.2 Å². The Morgan fingerprint density at radius 2 is 2.08 bits per heavy atom. The van der Waals surface area contributed by atoms with Crippen LogP contribution in [-0.4, -0.2) is 22.3 Å². The number of aliphatic hydroxyl groups excluding tert-OH is 1. The maximum absolute atomic E-state index is 8.83. The summed E-state index contributed by atoms with van der Waals surface area (Å²) in [5.41, 5.74) is 1.10. The van der Waals surface area contributed by atoms with Crippen molar-refractivity contribution < 1.29 is 14.6 Å². The van der Waals surface area contributed by atoms with Crippen molar-refractivity contribution in [3.8, 4) is 6.08 Å². The SMILES string of the molecule is CO.Oc1nc2cc(Cl)ccc2o1. The number of aliphatic hydroxyl groups is 1. The summed E-state index contributed by atoms with van der Waals surface area (Å²) in [5, 5.41) is 16.4. The second-order valence-corrected chi connectivity index (χ2v) is 2.54. The summed E-state index contributed by atoms with van der Waals surface area (Å²) in [5.74, 6) is 0. The number of hydrogen-bond acceptors (Lipinski definition) is 4. The molecule has 0 unspecified atom stereocenters. The van der Waals surface area contributed by atoms with E-state index < -0.39 is 0 Å². The van der Waals surface area contributed by atoms with Crippen LogP contribution in [0.3, 0.4) is 0 Å². The molecule has 0 aliphatic heterocycles. The molecule has 2 N–H and O–H groups in total. The summed E-state index contributed by atoms with van der Waals surface area (Å²) >= 11 is 5.66. The fourth-order valence-electron chi connectivity index (χ4n) is 0.888. The number of oxazole rings is 1. The molecule has 4 nitrogen and oxygen atoms in total. The van der Waals surface area contributed by atoms with E-state index in [0.29, 0.717) is 16.1 Å². The van der Waals surface area contributed by atoms with Crippen LogP contribution in [0.25, 0.3) is 11.1 Å². The van der Waals surface area contributed by atoms with Gasteiger partial charge in [0.1, 0.15) is 5.52 Å². The molecule has 0 amide bonds. The summed E-state index contributed by atoms with van der Waals surface area (Å²) in [6, 6.07) is 4.96. The summed E-state index contributed by atoms with van der Waals surface area (Å²) in [6.07, 6.45) is -0.331. The Hall–Kier alpha value is -1.26. The molecule has 0 fully saturated rings. The number of fused-ring (bicyclic) bond motifs is 1. The summed E-state index contributed by atoms with van der Waals surface area (Å²) < 4.78 is 4.81. The fraction of sp³-hybridized carbons (Fsp3) is 0.125. The minimum Gasteiger partial charge on any atom is -0.466 e. The van der Waals surface area contributed by atoms with Crippen LogP contribution in [0.2, 0.25) is 5.02 Å². The molecule has 0 bridgehead atoms. The van der Waals surface area contributed by atoms with Crippen LogP contribution in [0.1, 0.15) is 0 Å². The molecule has 70 valence electrons. The Bertz CT molecular complexity index is 399. The van der Waals surface area contributed by atoms with Crippen LogP contribution >= 0.6 is 11.6 Å². The molecule has 0 saturated heterocycles. The molecule has 0 saturated carbocycles. The van der Waals surface area contributed by atoms with E-state index in [1.165, 1.54) is 0 Å². The molecule has 0 atom stereocenters. The number of aromatic nitrogens is 1. The molecular weight excluding hydrogens is 194 g/mol. The van der Waals surface area contributed by atoms with Gasteiger partial charge in [-0.15, -0.1) is 0 Å². The van der Waals surface area contributed by atoms with E-state index in [1.54, 1.807) is 18.2 Å². The second-order valence-electron chi connectivity index (χ2n) is 2.11. The van der Waals surface area contributed by atoms with E-state index in [-0.39, 0.29) is 6.08 Å². The molecule has 1 aromatic carbocycles. The molecule has 0 radical (unpaired) electrons. The van der Waals surface area contributed by atoms with E-state index in [2.05, 4.69) is 4.98 Å². The summed E-state index contributed by atoms with van der Waals surface area (Å²) in [6.45, 7) is 0. The third-order valence-electron chi connectivity index (χ3n) is 1.34. The van der Waals surface area contributed by atoms with Crippen LogP contribution in [0.4, 0.5) is 0 Å². The maximum atomic E-state index is 8.83. The first-order chi connectivity index (χ1) is 6.25. The molecular formula is C8H8ClNO3. The fourth-order valence-corrected chi connectivity index (χ4v) is 1.05. The van der Waals surface area contributed by atoms with Gasteiger partial charge in [0, 0.05) is 12.1 Å². The van der Waals surface area contributed by atoms with Crippen molar-refractivity contribution in [3.63, 3.8) is 0 Å². The van der Waals surface area contributed by atoms with Gasteiger partial charge in [-0.25, -0.2) is 0 Å². The van der Waals surface area contributed by atoms with Crippen LogP contribution in [0, 0.1) is 0 Å². The number of benzene rings is 1. The van der Waals surface area contributed by atoms with Crippen LogP contribution in [0.5, 0.6) is 6.08 Å². The molecule has 0 spiro atoms. The van der Waals surface area contributed by atoms with Gasteiger partial charge in [0.2, 0.25) is 0 Å². The Kier molecular flexibility index (Phi) is 3.11. The highest BCUT2D eigenvalue weighted by atomic mass is 35.5. The Morgan fingerprint density at radius 1 is 1.38 bits per heavy atom. The smallest absolute Gasteiger partial charge is 0.392 e. The van der Waals surface area contributed by atoms with E-state index in [0.717, 1.165) is 7.11 Å². The molecule has 5 heteroatoms. The zero-order valence-electron chi connectivity index (χ0n) is 6.86. The van der Waals surface area contributed by atoms with Gasteiger partial charge in [-0.05, 0) is 18.2 Å². The average Bonchev–Trinajstić information content (AvgIpc) is 2.48. The summed E-state index contributed by atoms with van der Waals surface area (Å²) in [7, 11) is 1.00. The molecule has 0 aliphatic carbocycles. The van der Waals surface area contributed by atoms with E-state index in [9.17, 15) is 0 Å². The molecule has 0 aliphatic rings. The lowest BCUT2D eigenvalue weighted by Crippen LogP contribution is -1.66. The largest absolute Gasteiger partial charge is 0.466 e. The zero-order chi connectivity index (χ0) is 9.84. The lowest BCUT2D eigenvalue weighted by molar-refractivity contribution is 0.328. The minimum atomic E-state index is -0.331. The van der Waals surface area contributed by atoms with Gasteiger partial charge in [-0.2, -0.15) is 4.98 Å². The number of aromatic hydroxyl groups is 1. The van der Waals surface area contributed by atoms with Gasteiger partial charge in [-0.1, -0.05) is 11.6 Å². The van der Waals surface area contributed by atoms with Gasteiger partial charge in [0.25, 0.3) is 0 Å². The first-order valence-electron chi connectivity index (χ1n) is 3.45. The van der Waals surface area contributed by atoms with Crippen molar-refractivity contribution in [2.75, 3.05) is 7.11 Å². The van der Waals surface area contributed by atoms with Gasteiger partial charge in [-0.3, -0.25) is 0 Å². The Balaban J connectivity index is 0.000000396. The minimum absolute atomic E-state index is 0.331. The molecule has 1 aromatic heterocycles. The van der Waals surface area contributed by atoms with Crippen molar-refractivity contribution in [3.05, 3.63) is 23.2 Å². The van der Waals surface area contributed by atoms with Crippen molar-refractivity contribution in [2.24, 2.45) is 0 Å². The summed E-state index contributed by atoms with van der Waals surface area (Å²) in [4.78, 5) is 3.68. The first-order valence-corrected chi connectivity index (χ1v) is 3.83. The van der Waals surface area contributed by atoms with Gasteiger partial charge in [0.15, 0.2) is 5.58 Å². The standard InChI is InChI=1S/C7H4ClNO2.CH4O/c8-4-1-2-6-5(3-4)9-7(10)11-6;1-2/h1-3H,(H,9,10);2H,1H3. The first kappa shape index (κ1) is 9.83. The van der Waals surface area contributed by atoms with Crippen LogP contribution in [0.15, 0.2) is 22.6 Å². The highest BCUT2D eigenvalue weighted by Crippen LogP contribution is 2.22. The van der Waals surface area contributed by atoms with Crippen LogP contribution in [-0.2, 0) is 0 Å². The third kappa shape index (κ3) is 2.11. The highest BCUT2D eigenvalue weighted by Gasteiger charge is 2.02. The average molecular weight is 202 g/mol. The number of hydrogen-bond donors (Lipinski definition) is 2. The third-order valence-corrected chi connectivity index (χ3v) is 1.57. The zero-order valence-corrected chi connectivity index (χ0v) is 7.62. The van der Waals surface area contributed by atoms with Crippen molar-refractivity contribution in [1.29, 1.82) is 0 Å². The molecule has 1 heterocycles. The topological polar surface area (TPSA) is 66.5 Å². The van der Waals surface area contributed by atoms with Gasteiger partial charge < -0.3 is 14.6 Å². The number of halogens is 1. The van der Waals surface area contributed by atoms with Crippen molar-refractivity contribution in [1.82, 2.24) is 4.98 Å². The Morgan fingerprint density at radius 3 is 2.77 bits per heavy atom. The lowest BCUT2D eigenvalue weighted by Gasteiger charge is -1.85. The monoisotopic (exact) mass is 201 g/mol. The predicted octanol–water partition coefficient (Wildman–Crippen LogP) is 1.80. The normalized spacial score (nSPS) is 9.46. The highest BCUT2D eigenvalue weighted by molar-refractivity contribution is 6.31. The van der Waals surface area contributed by atoms with Crippen molar-refractivity contribution >= 4 is 22.7 Å². The van der Waals surface area contributed by atoms with Gasteiger partial charge in [0.05, 0.1) is 0 Å². The number of nitrogens with zero attached hydrogens (tertiary/aromatic N) is 1.